The maximum atomic E-state index is 12.0. The molecule has 138 valence electrons. The molecule has 0 saturated heterocycles. The summed E-state index contributed by atoms with van der Waals surface area (Å²) in [5, 5.41) is 19.5. The van der Waals surface area contributed by atoms with E-state index in [0.717, 1.165) is 11.7 Å². The minimum absolute atomic E-state index is 0.175. The Hall–Kier alpha value is -3.46. The number of fused-ring (bicyclic) bond motifs is 1. The van der Waals surface area contributed by atoms with Crippen molar-refractivity contribution < 1.29 is 29.3 Å². The first kappa shape index (κ1) is 18.3. The molecule has 1 aromatic heterocycles. The molecule has 1 heterocycles. The van der Waals surface area contributed by atoms with Gasteiger partial charge in [-0.2, -0.15) is 8.75 Å². The maximum absolute atomic E-state index is 12.0. The molecule has 2 N–H and O–H groups in total. The Morgan fingerprint density at radius 3 is 1.96 bits per heavy atom. The fraction of sp³-hybridized carbons (Fsp3) is 0.111. The van der Waals surface area contributed by atoms with E-state index in [4.69, 9.17) is 9.47 Å². The van der Waals surface area contributed by atoms with Crippen LogP contribution in [0.4, 0.5) is 0 Å². The standard InChI is InChI=1S/C18H14N2O6S/c1-25-13-6-4-10(8-14(13)26-2)16(18(23)24)15(17(21)22)9-3-5-11-12(7-9)20-27-19-11/h3-8H,1-2H3,(H,21,22)(H,23,24). The monoisotopic (exact) mass is 386 g/mol. The van der Waals surface area contributed by atoms with Gasteiger partial charge in [-0.25, -0.2) is 9.59 Å². The maximum Gasteiger partial charge on any atom is 0.337 e. The SMILES string of the molecule is COc1ccc(C(C(=O)O)=C(C(=O)O)c2ccc3nsnc3c2)cc1OC. The molecule has 0 bridgehead atoms. The van der Waals surface area contributed by atoms with Crippen LogP contribution < -0.4 is 9.47 Å². The van der Waals surface area contributed by atoms with Crippen LogP contribution in [0.3, 0.4) is 0 Å². The number of carbonyl (C=O) groups is 2. The van der Waals surface area contributed by atoms with Gasteiger partial charge in [0.05, 0.1) is 37.1 Å². The summed E-state index contributed by atoms with van der Waals surface area (Å²) in [5.74, 6) is -2.06. The zero-order chi connectivity index (χ0) is 19.6. The third kappa shape index (κ3) is 3.44. The van der Waals surface area contributed by atoms with Gasteiger partial charge in [0, 0.05) is 0 Å². The predicted octanol–water partition coefficient (Wildman–Crippen LogP) is 2.79. The Kier molecular flexibility index (Phi) is 5.04. The lowest BCUT2D eigenvalue weighted by Crippen LogP contribution is -2.10. The summed E-state index contributed by atoms with van der Waals surface area (Å²) in [4.78, 5) is 23.9. The lowest BCUT2D eigenvalue weighted by Gasteiger charge is -2.13. The molecule has 0 amide bonds. The molecular formula is C18H14N2O6S. The first-order valence-corrected chi connectivity index (χ1v) is 8.35. The molecule has 0 radical (unpaired) electrons. The Morgan fingerprint density at radius 2 is 1.37 bits per heavy atom. The van der Waals surface area contributed by atoms with Crippen molar-refractivity contribution in [2.24, 2.45) is 0 Å². The highest BCUT2D eigenvalue weighted by atomic mass is 32.1. The van der Waals surface area contributed by atoms with E-state index in [1.807, 2.05) is 0 Å². The van der Waals surface area contributed by atoms with Gasteiger partial charge in [-0.15, -0.1) is 0 Å². The topological polar surface area (TPSA) is 119 Å². The molecule has 0 aliphatic rings. The van der Waals surface area contributed by atoms with Crippen molar-refractivity contribution in [1.82, 2.24) is 8.75 Å². The highest BCUT2D eigenvalue weighted by molar-refractivity contribution is 7.00. The third-order valence-corrected chi connectivity index (χ3v) is 4.45. The number of aliphatic carboxylic acids is 2. The van der Waals surface area contributed by atoms with Gasteiger partial charge in [-0.3, -0.25) is 0 Å². The summed E-state index contributed by atoms with van der Waals surface area (Å²) in [5.41, 5.74) is 0.768. The van der Waals surface area contributed by atoms with Gasteiger partial charge in [0.15, 0.2) is 11.5 Å². The number of carboxylic acids is 2. The highest BCUT2D eigenvalue weighted by Crippen LogP contribution is 2.34. The van der Waals surface area contributed by atoms with E-state index in [9.17, 15) is 19.8 Å². The van der Waals surface area contributed by atoms with Gasteiger partial charge in [-0.1, -0.05) is 12.1 Å². The largest absolute Gasteiger partial charge is 0.493 e. The van der Waals surface area contributed by atoms with Crippen LogP contribution in [0.1, 0.15) is 11.1 Å². The van der Waals surface area contributed by atoms with Crippen molar-refractivity contribution in [2.75, 3.05) is 14.2 Å². The van der Waals surface area contributed by atoms with Gasteiger partial charge in [0.25, 0.3) is 0 Å². The summed E-state index contributed by atoms with van der Waals surface area (Å²) >= 11 is 0.992. The molecule has 9 heteroatoms. The van der Waals surface area contributed by atoms with Gasteiger partial charge in [-0.05, 0) is 35.4 Å². The molecule has 0 atom stereocenters. The molecule has 0 spiro atoms. The average Bonchev–Trinajstić information content (AvgIpc) is 3.12. The van der Waals surface area contributed by atoms with Crippen LogP contribution in [0.25, 0.3) is 22.2 Å². The Labute approximate surface area is 157 Å². The minimum Gasteiger partial charge on any atom is -0.493 e. The molecule has 0 saturated carbocycles. The molecule has 3 rings (SSSR count). The van der Waals surface area contributed by atoms with Crippen molar-refractivity contribution in [2.45, 2.75) is 0 Å². The number of hydrogen-bond acceptors (Lipinski definition) is 7. The lowest BCUT2D eigenvalue weighted by molar-refractivity contribution is -0.132. The molecule has 2 aromatic carbocycles. The summed E-state index contributed by atoms with van der Waals surface area (Å²) in [7, 11) is 2.86. The Balaban J connectivity index is 2.28. The van der Waals surface area contributed by atoms with E-state index in [2.05, 4.69) is 8.75 Å². The summed E-state index contributed by atoms with van der Waals surface area (Å²) in [6.07, 6.45) is 0. The van der Waals surface area contributed by atoms with Gasteiger partial charge < -0.3 is 19.7 Å². The summed E-state index contributed by atoms with van der Waals surface area (Å²) in [6.45, 7) is 0. The van der Waals surface area contributed by atoms with E-state index < -0.39 is 11.9 Å². The van der Waals surface area contributed by atoms with Crippen molar-refractivity contribution in [3.05, 3.63) is 47.5 Å². The van der Waals surface area contributed by atoms with E-state index in [0.29, 0.717) is 16.8 Å². The van der Waals surface area contributed by atoms with Crippen LogP contribution >= 0.6 is 11.7 Å². The minimum atomic E-state index is -1.38. The lowest BCUT2D eigenvalue weighted by atomic mass is 9.94. The van der Waals surface area contributed by atoms with Crippen molar-refractivity contribution in [3.8, 4) is 11.5 Å². The zero-order valence-electron chi connectivity index (χ0n) is 14.3. The Bertz CT molecular complexity index is 1070. The van der Waals surface area contributed by atoms with Crippen LogP contribution in [-0.4, -0.2) is 45.1 Å². The molecular weight excluding hydrogens is 372 g/mol. The van der Waals surface area contributed by atoms with E-state index in [-0.39, 0.29) is 28.0 Å². The normalized spacial score (nSPS) is 11.8. The van der Waals surface area contributed by atoms with Crippen molar-refractivity contribution in [3.63, 3.8) is 0 Å². The number of methoxy groups -OCH3 is 2. The van der Waals surface area contributed by atoms with Gasteiger partial charge in [0.1, 0.15) is 11.0 Å². The number of nitrogens with zero attached hydrogens (tertiary/aromatic N) is 2. The molecule has 0 aliphatic heterocycles. The van der Waals surface area contributed by atoms with Crippen LogP contribution in [0.5, 0.6) is 11.5 Å². The van der Waals surface area contributed by atoms with E-state index in [1.165, 1.54) is 44.6 Å². The highest BCUT2D eigenvalue weighted by Gasteiger charge is 2.25. The van der Waals surface area contributed by atoms with Crippen LogP contribution in [0.2, 0.25) is 0 Å². The molecule has 0 fully saturated rings. The fourth-order valence-electron chi connectivity index (χ4n) is 2.68. The average molecular weight is 386 g/mol. The third-order valence-electron chi connectivity index (χ3n) is 3.89. The van der Waals surface area contributed by atoms with E-state index >= 15 is 0 Å². The number of carboxylic acid groups (broad SMARTS) is 2. The first-order chi connectivity index (χ1) is 13.0. The quantitative estimate of drug-likeness (QED) is 0.490. The summed E-state index contributed by atoms with van der Waals surface area (Å²) < 4.78 is 18.5. The smallest absolute Gasteiger partial charge is 0.337 e. The van der Waals surface area contributed by atoms with Crippen LogP contribution in [0.15, 0.2) is 36.4 Å². The fourth-order valence-corrected chi connectivity index (χ4v) is 3.20. The van der Waals surface area contributed by atoms with Gasteiger partial charge >= 0.3 is 11.9 Å². The second-order valence-electron chi connectivity index (χ2n) is 5.40. The zero-order valence-corrected chi connectivity index (χ0v) is 15.1. The van der Waals surface area contributed by atoms with Crippen molar-refractivity contribution in [1.29, 1.82) is 0 Å². The molecule has 8 nitrogen and oxygen atoms in total. The second kappa shape index (κ2) is 7.42. The number of ether oxygens (including phenoxy) is 2. The second-order valence-corrected chi connectivity index (χ2v) is 5.93. The predicted molar refractivity (Wildman–Crippen MR) is 99.0 cm³/mol. The van der Waals surface area contributed by atoms with Crippen molar-refractivity contribution >= 4 is 45.8 Å². The molecule has 0 unspecified atom stereocenters. The first-order valence-electron chi connectivity index (χ1n) is 7.62. The molecule has 0 aliphatic carbocycles. The molecule has 27 heavy (non-hydrogen) atoms. The summed E-state index contributed by atoms with van der Waals surface area (Å²) in [6, 6.07) is 9.03. The number of rotatable bonds is 6. The number of aromatic nitrogens is 2. The molecule has 3 aromatic rings. The van der Waals surface area contributed by atoms with E-state index in [1.54, 1.807) is 6.07 Å². The van der Waals surface area contributed by atoms with Crippen LogP contribution in [-0.2, 0) is 9.59 Å². The Morgan fingerprint density at radius 1 is 0.815 bits per heavy atom. The number of benzene rings is 2. The number of hydrogen-bond donors (Lipinski definition) is 2. The van der Waals surface area contributed by atoms with Gasteiger partial charge in [0.2, 0.25) is 0 Å². The van der Waals surface area contributed by atoms with Crippen LogP contribution in [0, 0.1) is 0 Å².